The summed E-state index contributed by atoms with van der Waals surface area (Å²) in [6, 6.07) is 12.5. The van der Waals surface area contributed by atoms with Crippen LogP contribution >= 0.6 is 15.9 Å². The molecule has 0 saturated heterocycles. The molecule has 0 unspecified atom stereocenters. The zero-order chi connectivity index (χ0) is 14.6. The molecule has 0 bridgehead atoms. The van der Waals surface area contributed by atoms with E-state index < -0.39 is 0 Å². The van der Waals surface area contributed by atoms with Gasteiger partial charge in [0.1, 0.15) is 12.4 Å². The Labute approximate surface area is 129 Å². The predicted molar refractivity (Wildman–Crippen MR) is 89.5 cm³/mol. The first-order valence-electron chi connectivity index (χ1n) is 7.07. The van der Waals surface area contributed by atoms with Gasteiger partial charge in [0.05, 0.1) is 0 Å². The van der Waals surface area contributed by atoms with Crippen molar-refractivity contribution >= 4 is 26.7 Å². The Hall–Kier alpha value is -1.06. The van der Waals surface area contributed by atoms with Gasteiger partial charge >= 0.3 is 0 Å². The number of hydrogen-bond acceptors (Lipinski definition) is 2. The monoisotopic (exact) mass is 335 g/mol. The van der Waals surface area contributed by atoms with E-state index in [-0.39, 0.29) is 5.54 Å². The van der Waals surface area contributed by atoms with Gasteiger partial charge < -0.3 is 10.1 Å². The van der Waals surface area contributed by atoms with Gasteiger partial charge in [-0.3, -0.25) is 0 Å². The molecule has 0 spiro atoms. The highest BCUT2D eigenvalue weighted by molar-refractivity contribution is 9.10. The van der Waals surface area contributed by atoms with Crippen LogP contribution in [0.15, 0.2) is 40.9 Å². The summed E-state index contributed by atoms with van der Waals surface area (Å²) in [7, 11) is 0. The van der Waals surface area contributed by atoms with Crippen molar-refractivity contribution in [1.82, 2.24) is 5.32 Å². The summed E-state index contributed by atoms with van der Waals surface area (Å²) in [5, 5.41) is 5.91. The maximum atomic E-state index is 5.81. The standard InChI is InChI=1S/C17H22BrNO/c1-4-17(2,3)19-9-10-20-16-8-6-13-11-15(18)7-5-14(13)12-16/h5-8,11-12,19H,4,9-10H2,1-3H3. The van der Waals surface area contributed by atoms with E-state index in [0.29, 0.717) is 6.61 Å². The summed E-state index contributed by atoms with van der Waals surface area (Å²) in [6.07, 6.45) is 1.11. The van der Waals surface area contributed by atoms with Crippen LogP contribution in [0.25, 0.3) is 10.8 Å². The molecule has 108 valence electrons. The quantitative estimate of drug-likeness (QED) is 0.768. The molecule has 0 saturated carbocycles. The van der Waals surface area contributed by atoms with Gasteiger partial charge in [0.25, 0.3) is 0 Å². The molecule has 0 fully saturated rings. The third-order valence-corrected chi connectivity index (χ3v) is 4.13. The lowest BCUT2D eigenvalue weighted by molar-refractivity contribution is 0.281. The van der Waals surface area contributed by atoms with E-state index in [4.69, 9.17) is 4.74 Å². The van der Waals surface area contributed by atoms with Gasteiger partial charge in [-0.15, -0.1) is 0 Å². The molecule has 0 amide bonds. The SMILES string of the molecule is CCC(C)(C)NCCOc1ccc2cc(Br)ccc2c1. The first kappa shape index (κ1) is 15.3. The molecule has 0 aliphatic rings. The van der Waals surface area contributed by atoms with Crippen molar-refractivity contribution in [3.63, 3.8) is 0 Å². The van der Waals surface area contributed by atoms with Crippen LogP contribution in [0.5, 0.6) is 5.75 Å². The minimum Gasteiger partial charge on any atom is -0.492 e. The lowest BCUT2D eigenvalue weighted by Crippen LogP contribution is -2.40. The molecule has 20 heavy (non-hydrogen) atoms. The Kier molecular flexibility index (Phi) is 5.06. The van der Waals surface area contributed by atoms with Crippen molar-refractivity contribution in [3.05, 3.63) is 40.9 Å². The molecule has 0 aromatic heterocycles. The van der Waals surface area contributed by atoms with Crippen molar-refractivity contribution in [2.45, 2.75) is 32.7 Å². The summed E-state index contributed by atoms with van der Waals surface area (Å²) in [4.78, 5) is 0. The molecular weight excluding hydrogens is 314 g/mol. The van der Waals surface area contributed by atoms with Crippen molar-refractivity contribution < 1.29 is 4.74 Å². The third kappa shape index (κ3) is 4.22. The molecule has 2 nitrogen and oxygen atoms in total. The molecule has 0 radical (unpaired) electrons. The van der Waals surface area contributed by atoms with E-state index in [1.54, 1.807) is 0 Å². The predicted octanol–water partition coefficient (Wildman–Crippen LogP) is 4.76. The van der Waals surface area contributed by atoms with Crippen molar-refractivity contribution in [3.8, 4) is 5.75 Å². The van der Waals surface area contributed by atoms with Gasteiger partial charge in [-0.25, -0.2) is 0 Å². The summed E-state index contributed by atoms with van der Waals surface area (Å²) < 4.78 is 6.91. The lowest BCUT2D eigenvalue weighted by Gasteiger charge is -2.24. The Balaban J connectivity index is 1.92. The molecule has 0 aliphatic carbocycles. The maximum Gasteiger partial charge on any atom is 0.120 e. The van der Waals surface area contributed by atoms with Gasteiger partial charge in [-0.2, -0.15) is 0 Å². The first-order chi connectivity index (χ1) is 9.50. The molecular formula is C17H22BrNO. The van der Waals surface area contributed by atoms with Crippen molar-refractivity contribution in [1.29, 1.82) is 0 Å². The van der Waals surface area contributed by atoms with E-state index in [9.17, 15) is 0 Å². The Morgan fingerprint density at radius 3 is 2.55 bits per heavy atom. The molecule has 0 atom stereocenters. The fourth-order valence-corrected chi connectivity index (χ4v) is 2.35. The second-order valence-corrected chi connectivity index (χ2v) is 6.58. The Bertz CT molecular complexity index is 580. The topological polar surface area (TPSA) is 21.3 Å². The molecule has 3 heteroatoms. The zero-order valence-electron chi connectivity index (χ0n) is 12.4. The number of nitrogens with one attached hydrogen (secondary N) is 1. The van der Waals surface area contributed by atoms with Crippen LogP contribution < -0.4 is 10.1 Å². The second-order valence-electron chi connectivity index (χ2n) is 5.67. The highest BCUT2D eigenvalue weighted by Gasteiger charge is 2.12. The number of benzene rings is 2. The smallest absolute Gasteiger partial charge is 0.120 e. The first-order valence-corrected chi connectivity index (χ1v) is 7.87. The minimum atomic E-state index is 0.180. The summed E-state index contributed by atoms with van der Waals surface area (Å²) >= 11 is 3.49. The minimum absolute atomic E-state index is 0.180. The van der Waals surface area contributed by atoms with Gasteiger partial charge in [0.2, 0.25) is 0 Å². The molecule has 0 aliphatic heterocycles. The van der Waals surface area contributed by atoms with E-state index in [2.05, 4.69) is 72.3 Å². The number of halogens is 1. The average molecular weight is 336 g/mol. The van der Waals surface area contributed by atoms with Crippen LogP contribution in [-0.4, -0.2) is 18.7 Å². The Morgan fingerprint density at radius 1 is 1.10 bits per heavy atom. The fourth-order valence-electron chi connectivity index (χ4n) is 1.97. The van der Waals surface area contributed by atoms with E-state index in [1.807, 2.05) is 6.07 Å². The second kappa shape index (κ2) is 6.59. The van der Waals surface area contributed by atoms with Crippen LogP contribution in [0, 0.1) is 0 Å². The van der Waals surface area contributed by atoms with Gasteiger partial charge in [0.15, 0.2) is 0 Å². The summed E-state index contributed by atoms with van der Waals surface area (Å²) in [5.74, 6) is 0.927. The number of fused-ring (bicyclic) bond motifs is 1. The summed E-state index contributed by atoms with van der Waals surface area (Å²) in [6.45, 7) is 8.15. The number of hydrogen-bond donors (Lipinski definition) is 1. The Morgan fingerprint density at radius 2 is 1.80 bits per heavy atom. The maximum absolute atomic E-state index is 5.81. The molecule has 2 aromatic rings. The number of rotatable bonds is 6. The lowest BCUT2D eigenvalue weighted by atomic mass is 10.0. The van der Waals surface area contributed by atoms with Crippen molar-refractivity contribution in [2.75, 3.05) is 13.2 Å². The van der Waals surface area contributed by atoms with Crippen LogP contribution in [0.1, 0.15) is 27.2 Å². The summed E-state index contributed by atoms with van der Waals surface area (Å²) in [5.41, 5.74) is 0.180. The van der Waals surface area contributed by atoms with Crippen LogP contribution in [0.4, 0.5) is 0 Å². The molecule has 2 rings (SSSR count). The zero-order valence-corrected chi connectivity index (χ0v) is 14.0. The van der Waals surface area contributed by atoms with E-state index in [1.165, 1.54) is 10.8 Å². The molecule has 1 N–H and O–H groups in total. The average Bonchev–Trinajstić information content (AvgIpc) is 2.43. The van der Waals surface area contributed by atoms with Crippen LogP contribution in [0.2, 0.25) is 0 Å². The molecule has 0 heterocycles. The van der Waals surface area contributed by atoms with E-state index >= 15 is 0 Å². The van der Waals surface area contributed by atoms with Gasteiger partial charge in [-0.1, -0.05) is 35.0 Å². The van der Waals surface area contributed by atoms with Gasteiger partial charge in [-0.05, 0) is 55.3 Å². The third-order valence-electron chi connectivity index (χ3n) is 3.63. The molecule has 2 aromatic carbocycles. The van der Waals surface area contributed by atoms with Gasteiger partial charge in [0, 0.05) is 16.6 Å². The highest BCUT2D eigenvalue weighted by Crippen LogP contribution is 2.24. The number of ether oxygens (including phenoxy) is 1. The van der Waals surface area contributed by atoms with Crippen molar-refractivity contribution in [2.24, 2.45) is 0 Å². The van der Waals surface area contributed by atoms with Crippen LogP contribution in [-0.2, 0) is 0 Å². The van der Waals surface area contributed by atoms with Crippen LogP contribution in [0.3, 0.4) is 0 Å². The normalized spacial score (nSPS) is 11.8. The largest absolute Gasteiger partial charge is 0.492 e. The fraction of sp³-hybridized carbons (Fsp3) is 0.412. The van der Waals surface area contributed by atoms with E-state index in [0.717, 1.165) is 23.2 Å². The highest BCUT2D eigenvalue weighted by atomic mass is 79.9.